The summed E-state index contributed by atoms with van der Waals surface area (Å²) in [7, 11) is 0. The summed E-state index contributed by atoms with van der Waals surface area (Å²) in [6, 6.07) is 0. The lowest BCUT2D eigenvalue weighted by Crippen LogP contribution is -2.30. The largest absolute Gasteiger partial charge is 0.341 e. The van der Waals surface area contributed by atoms with Crippen molar-refractivity contribution in [1.29, 1.82) is 0 Å². The molecule has 0 bridgehead atoms. The van der Waals surface area contributed by atoms with Crippen LogP contribution in [-0.4, -0.2) is 44.4 Å². The normalized spacial score (nSPS) is 20.0. The second kappa shape index (κ2) is 7.47. The average Bonchev–Trinajstić information content (AvgIpc) is 3.32. The average molecular weight is 341 g/mol. The quantitative estimate of drug-likeness (QED) is 0.860. The molecule has 1 saturated heterocycles. The van der Waals surface area contributed by atoms with Crippen molar-refractivity contribution in [2.45, 2.75) is 52.1 Å². The SMILES string of the molecule is CCc1nnc2n1C[C@H](CNCc1cnc(N3CCCC3)nc1)CC2. The molecule has 0 unspecified atom stereocenters. The summed E-state index contributed by atoms with van der Waals surface area (Å²) < 4.78 is 2.31. The van der Waals surface area contributed by atoms with Crippen molar-refractivity contribution in [3.8, 4) is 0 Å². The number of anilines is 1. The summed E-state index contributed by atoms with van der Waals surface area (Å²) >= 11 is 0. The highest BCUT2D eigenvalue weighted by Gasteiger charge is 2.22. The third kappa shape index (κ3) is 3.66. The zero-order valence-electron chi connectivity index (χ0n) is 15.0. The van der Waals surface area contributed by atoms with Crippen molar-refractivity contribution in [3.63, 3.8) is 0 Å². The number of hydrogen-bond donors (Lipinski definition) is 1. The van der Waals surface area contributed by atoms with Gasteiger partial charge in [-0.05, 0) is 31.7 Å². The molecule has 1 atom stereocenters. The van der Waals surface area contributed by atoms with Crippen LogP contribution in [0.2, 0.25) is 0 Å². The zero-order chi connectivity index (χ0) is 17.1. The molecule has 0 aromatic carbocycles. The van der Waals surface area contributed by atoms with Crippen LogP contribution in [0.3, 0.4) is 0 Å². The first-order valence-electron chi connectivity index (χ1n) is 9.51. The molecule has 0 radical (unpaired) electrons. The number of aryl methyl sites for hydroxylation is 2. The van der Waals surface area contributed by atoms with Crippen molar-refractivity contribution in [2.75, 3.05) is 24.5 Å². The van der Waals surface area contributed by atoms with E-state index in [1.165, 1.54) is 19.3 Å². The second-order valence-electron chi connectivity index (χ2n) is 7.12. The summed E-state index contributed by atoms with van der Waals surface area (Å²) in [5.41, 5.74) is 1.15. The van der Waals surface area contributed by atoms with Crippen LogP contribution < -0.4 is 10.2 Å². The van der Waals surface area contributed by atoms with Crippen molar-refractivity contribution in [3.05, 3.63) is 29.6 Å². The van der Waals surface area contributed by atoms with Gasteiger partial charge in [0.25, 0.3) is 0 Å². The van der Waals surface area contributed by atoms with Crippen molar-refractivity contribution >= 4 is 5.95 Å². The molecule has 2 aromatic heterocycles. The van der Waals surface area contributed by atoms with Crippen LogP contribution >= 0.6 is 0 Å². The number of rotatable bonds is 6. The fraction of sp³-hybridized carbons (Fsp3) is 0.667. The van der Waals surface area contributed by atoms with Gasteiger partial charge in [-0.25, -0.2) is 9.97 Å². The molecule has 2 aliphatic heterocycles. The van der Waals surface area contributed by atoms with Gasteiger partial charge in [-0.1, -0.05) is 6.92 Å². The Morgan fingerprint density at radius 3 is 2.72 bits per heavy atom. The van der Waals surface area contributed by atoms with Crippen LogP contribution in [0, 0.1) is 5.92 Å². The number of nitrogens with one attached hydrogen (secondary N) is 1. The fourth-order valence-corrected chi connectivity index (χ4v) is 3.82. The molecule has 134 valence electrons. The summed E-state index contributed by atoms with van der Waals surface area (Å²) in [5.74, 6) is 3.78. The smallest absolute Gasteiger partial charge is 0.225 e. The molecule has 0 amide bonds. The van der Waals surface area contributed by atoms with Gasteiger partial charge in [-0.15, -0.1) is 10.2 Å². The summed E-state index contributed by atoms with van der Waals surface area (Å²) in [6.07, 6.45) is 9.59. The van der Waals surface area contributed by atoms with E-state index in [0.29, 0.717) is 5.92 Å². The van der Waals surface area contributed by atoms with E-state index >= 15 is 0 Å². The monoisotopic (exact) mass is 341 g/mol. The summed E-state index contributed by atoms with van der Waals surface area (Å²) in [6.45, 7) is 7.18. The van der Waals surface area contributed by atoms with E-state index in [1.807, 2.05) is 12.4 Å². The highest BCUT2D eigenvalue weighted by molar-refractivity contribution is 5.30. The minimum Gasteiger partial charge on any atom is -0.341 e. The van der Waals surface area contributed by atoms with Crippen molar-refractivity contribution in [2.24, 2.45) is 5.92 Å². The van der Waals surface area contributed by atoms with E-state index < -0.39 is 0 Å². The molecule has 1 fully saturated rings. The fourth-order valence-electron chi connectivity index (χ4n) is 3.82. The first kappa shape index (κ1) is 16.4. The Morgan fingerprint density at radius 1 is 1.16 bits per heavy atom. The maximum Gasteiger partial charge on any atom is 0.225 e. The van der Waals surface area contributed by atoms with Crippen LogP contribution in [0.5, 0.6) is 0 Å². The van der Waals surface area contributed by atoms with Gasteiger partial charge in [0.05, 0.1) is 0 Å². The van der Waals surface area contributed by atoms with E-state index in [4.69, 9.17) is 0 Å². The number of hydrogen-bond acceptors (Lipinski definition) is 6. The van der Waals surface area contributed by atoms with Gasteiger partial charge in [0, 0.05) is 57.0 Å². The van der Waals surface area contributed by atoms with Gasteiger partial charge in [0.1, 0.15) is 11.6 Å². The Bertz CT molecular complexity index is 674. The third-order valence-electron chi connectivity index (χ3n) is 5.28. The van der Waals surface area contributed by atoms with Gasteiger partial charge >= 0.3 is 0 Å². The number of fused-ring (bicyclic) bond motifs is 1. The Balaban J connectivity index is 1.26. The molecule has 0 aliphatic carbocycles. The minimum atomic E-state index is 0.638. The molecule has 0 spiro atoms. The topological polar surface area (TPSA) is 71.8 Å². The van der Waals surface area contributed by atoms with Crippen molar-refractivity contribution in [1.82, 2.24) is 30.0 Å². The lowest BCUT2D eigenvalue weighted by molar-refractivity contribution is 0.342. The Labute approximate surface area is 148 Å². The molecule has 2 aromatic rings. The van der Waals surface area contributed by atoms with Crippen LogP contribution in [0.25, 0.3) is 0 Å². The Kier molecular flexibility index (Phi) is 4.92. The molecular formula is C18H27N7. The standard InChI is InChI=1S/C18H27N7/c1-2-16-22-23-17-6-5-14(13-25(16)17)9-19-10-15-11-20-18(21-12-15)24-7-3-4-8-24/h11-12,14,19H,2-10,13H2,1H3/t14-/m0/s1. The summed E-state index contributed by atoms with van der Waals surface area (Å²) in [4.78, 5) is 11.3. The van der Waals surface area contributed by atoms with Crippen LogP contribution in [0.4, 0.5) is 5.95 Å². The van der Waals surface area contributed by atoms with Gasteiger partial charge < -0.3 is 14.8 Å². The molecule has 2 aliphatic rings. The van der Waals surface area contributed by atoms with Crippen LogP contribution in [0.1, 0.15) is 43.4 Å². The van der Waals surface area contributed by atoms with E-state index in [0.717, 1.165) is 68.7 Å². The lowest BCUT2D eigenvalue weighted by atomic mass is 9.99. The highest BCUT2D eigenvalue weighted by Crippen LogP contribution is 2.20. The van der Waals surface area contributed by atoms with E-state index in [2.05, 4.69) is 41.9 Å². The van der Waals surface area contributed by atoms with E-state index in [1.54, 1.807) is 0 Å². The molecule has 4 heterocycles. The Morgan fingerprint density at radius 2 is 1.96 bits per heavy atom. The highest BCUT2D eigenvalue weighted by atomic mass is 15.3. The Hall–Kier alpha value is -2.02. The second-order valence-corrected chi connectivity index (χ2v) is 7.12. The molecule has 4 rings (SSSR count). The molecule has 25 heavy (non-hydrogen) atoms. The maximum atomic E-state index is 4.53. The predicted molar refractivity (Wildman–Crippen MR) is 96.4 cm³/mol. The van der Waals surface area contributed by atoms with Gasteiger partial charge in [0.15, 0.2) is 0 Å². The predicted octanol–water partition coefficient (Wildman–Crippen LogP) is 1.58. The van der Waals surface area contributed by atoms with Gasteiger partial charge in [-0.3, -0.25) is 0 Å². The molecule has 0 saturated carbocycles. The molecule has 7 heteroatoms. The van der Waals surface area contributed by atoms with Crippen LogP contribution in [0.15, 0.2) is 12.4 Å². The van der Waals surface area contributed by atoms with Crippen LogP contribution in [-0.2, 0) is 25.9 Å². The minimum absolute atomic E-state index is 0.638. The van der Waals surface area contributed by atoms with Gasteiger partial charge in [0.2, 0.25) is 5.95 Å². The first-order valence-corrected chi connectivity index (χ1v) is 9.51. The first-order chi connectivity index (χ1) is 12.3. The third-order valence-corrected chi connectivity index (χ3v) is 5.28. The van der Waals surface area contributed by atoms with E-state index in [-0.39, 0.29) is 0 Å². The summed E-state index contributed by atoms with van der Waals surface area (Å²) in [5, 5.41) is 12.2. The lowest BCUT2D eigenvalue weighted by Gasteiger charge is -2.24. The maximum absolute atomic E-state index is 4.53. The van der Waals surface area contributed by atoms with Gasteiger partial charge in [-0.2, -0.15) is 0 Å². The molecule has 7 nitrogen and oxygen atoms in total. The zero-order valence-corrected chi connectivity index (χ0v) is 15.0. The van der Waals surface area contributed by atoms with Crippen molar-refractivity contribution < 1.29 is 0 Å². The number of nitrogens with zero attached hydrogens (tertiary/aromatic N) is 6. The van der Waals surface area contributed by atoms with E-state index in [9.17, 15) is 0 Å². The molecule has 1 N–H and O–H groups in total. The number of aromatic nitrogens is 5. The molecular weight excluding hydrogens is 314 g/mol.